The highest BCUT2D eigenvalue weighted by atomic mass is 16.2. The van der Waals surface area contributed by atoms with Crippen LogP contribution in [0.3, 0.4) is 0 Å². The van der Waals surface area contributed by atoms with Gasteiger partial charge in [-0.05, 0) is 0 Å². The van der Waals surface area contributed by atoms with Crippen LogP contribution in [0.5, 0.6) is 0 Å². The molecular weight excluding hydrogens is 98.0 g/mol. The van der Waals surface area contributed by atoms with Crippen molar-refractivity contribution >= 4 is 19.0 Å². The minimum absolute atomic E-state index is 0.194. The van der Waals surface area contributed by atoms with Gasteiger partial charge in [0.2, 0.25) is 6.41 Å². The fourth-order valence-electron chi connectivity index (χ4n) is 0. The first-order chi connectivity index (χ1) is 3.33. The zero-order valence-electron chi connectivity index (χ0n) is 3.53. The number of hydrogen-bond donors (Lipinski definition) is 1. The molecular formula is C3H5NO3. The highest BCUT2D eigenvalue weighted by Crippen LogP contribution is 1.12. The Labute approximate surface area is 40.3 Å². The van der Waals surface area contributed by atoms with Gasteiger partial charge in [0.25, 0.3) is 0 Å². The van der Waals surface area contributed by atoms with Gasteiger partial charge in [-0.3, -0.25) is 14.4 Å². The van der Waals surface area contributed by atoms with E-state index in [1.807, 2.05) is 0 Å². The van der Waals surface area contributed by atoms with Gasteiger partial charge in [0, 0.05) is 0 Å². The molecule has 0 aromatic rings. The van der Waals surface area contributed by atoms with E-state index in [-0.39, 0.29) is 19.0 Å². The molecule has 0 heterocycles. The maximum atomic E-state index is 8.81. The smallest absolute Gasteiger partial charge is 0.204 e. The van der Waals surface area contributed by atoms with E-state index < -0.39 is 0 Å². The van der Waals surface area contributed by atoms with E-state index in [2.05, 4.69) is 5.73 Å². The van der Waals surface area contributed by atoms with Crippen LogP contribution < -0.4 is 5.73 Å². The summed E-state index contributed by atoms with van der Waals surface area (Å²) in [5.74, 6) is 0. The van der Waals surface area contributed by atoms with Gasteiger partial charge >= 0.3 is 0 Å². The topological polar surface area (TPSA) is 77.2 Å². The molecule has 0 rings (SSSR count). The van der Waals surface area contributed by atoms with Crippen LogP contribution in [0.4, 0.5) is 0 Å². The molecule has 40 valence electrons. The molecule has 0 bridgehead atoms. The van der Waals surface area contributed by atoms with Crippen LogP contribution in [0.2, 0.25) is 0 Å². The Balaban J connectivity index is 0. The third kappa shape index (κ3) is 1050. The summed E-state index contributed by atoms with van der Waals surface area (Å²) >= 11 is 0. The number of aldehydes is 2. The number of rotatable bonds is 1. The summed E-state index contributed by atoms with van der Waals surface area (Å²) in [6, 6.07) is 0. The molecule has 0 saturated heterocycles. The lowest BCUT2D eigenvalue weighted by molar-refractivity contribution is -0.122. The highest BCUT2D eigenvalue weighted by molar-refractivity contribution is 6.09. The fraction of sp³-hybridized carbons (Fsp3) is 0. The van der Waals surface area contributed by atoms with Gasteiger partial charge in [-0.25, -0.2) is 0 Å². The summed E-state index contributed by atoms with van der Waals surface area (Å²) < 4.78 is 0. The molecule has 2 N–H and O–H groups in total. The lowest BCUT2D eigenvalue weighted by atomic mass is 10.9. The van der Waals surface area contributed by atoms with E-state index in [1.54, 1.807) is 0 Å². The van der Waals surface area contributed by atoms with E-state index in [0.717, 1.165) is 0 Å². The average Bonchev–Trinajstić information content (AvgIpc) is 1.69. The summed E-state index contributed by atoms with van der Waals surface area (Å²) in [5.41, 5.74) is 4.17. The van der Waals surface area contributed by atoms with E-state index in [9.17, 15) is 0 Å². The summed E-state index contributed by atoms with van der Waals surface area (Å²) in [6.07, 6.45) is 0.639. The number of hydrogen-bond acceptors (Lipinski definition) is 3. The summed E-state index contributed by atoms with van der Waals surface area (Å²) in [4.78, 5) is 26.2. The molecule has 0 aromatic heterocycles. The third-order valence-electron chi connectivity index (χ3n) is 0.0556. The molecule has 0 aromatic carbocycles. The molecule has 0 aliphatic heterocycles. The van der Waals surface area contributed by atoms with Crippen LogP contribution in [0.15, 0.2) is 0 Å². The third-order valence-corrected chi connectivity index (χ3v) is 0.0556. The first-order valence-corrected chi connectivity index (χ1v) is 1.37. The number of amides is 1. The minimum atomic E-state index is 0.194. The zero-order valence-corrected chi connectivity index (χ0v) is 3.53. The number of carbonyl (C=O) groups is 3. The molecule has 0 atom stereocenters. The Kier molecular flexibility index (Phi) is 28.2. The molecule has 7 heavy (non-hydrogen) atoms. The standard InChI is InChI=1S/C2H2O2.CH3NO/c3-1-2-4;2-1-3/h1-2H;1H,(H2,2,3). The molecule has 0 fully saturated rings. The Morgan fingerprint density at radius 1 is 1.00 bits per heavy atom. The predicted octanol–water partition coefficient (Wildman–Crippen LogP) is -1.51. The van der Waals surface area contributed by atoms with Crippen LogP contribution in [0.25, 0.3) is 0 Å². The molecule has 4 heteroatoms. The molecule has 0 aliphatic rings. The second-order valence-corrected chi connectivity index (χ2v) is 0.408. The van der Waals surface area contributed by atoms with Gasteiger partial charge in [-0.2, -0.15) is 0 Å². The number of nitrogens with two attached hydrogens (primary N) is 1. The van der Waals surface area contributed by atoms with Crippen molar-refractivity contribution in [3.63, 3.8) is 0 Å². The van der Waals surface area contributed by atoms with E-state index >= 15 is 0 Å². The van der Waals surface area contributed by atoms with E-state index in [0.29, 0.717) is 0 Å². The molecule has 0 unspecified atom stereocenters. The number of carbonyl (C=O) groups excluding carboxylic acids is 3. The second-order valence-electron chi connectivity index (χ2n) is 0.408. The van der Waals surface area contributed by atoms with Crippen molar-refractivity contribution in [3.8, 4) is 0 Å². The minimum Gasteiger partial charge on any atom is -0.372 e. The molecule has 0 saturated carbocycles. The highest BCUT2D eigenvalue weighted by Gasteiger charge is 1.47. The molecule has 0 spiro atoms. The Morgan fingerprint density at radius 3 is 1.14 bits per heavy atom. The van der Waals surface area contributed by atoms with Gasteiger partial charge in [0.15, 0.2) is 12.6 Å². The van der Waals surface area contributed by atoms with Crippen LogP contribution in [-0.2, 0) is 14.4 Å². The predicted molar refractivity (Wildman–Crippen MR) is 22.4 cm³/mol. The van der Waals surface area contributed by atoms with Crippen LogP contribution in [0.1, 0.15) is 0 Å². The largest absolute Gasteiger partial charge is 0.372 e. The second kappa shape index (κ2) is 21.3. The first-order valence-electron chi connectivity index (χ1n) is 1.37. The molecule has 0 radical (unpaired) electrons. The van der Waals surface area contributed by atoms with E-state index in [4.69, 9.17) is 14.4 Å². The van der Waals surface area contributed by atoms with Gasteiger partial charge in [0.05, 0.1) is 0 Å². The monoisotopic (exact) mass is 103 g/mol. The van der Waals surface area contributed by atoms with Gasteiger partial charge < -0.3 is 5.73 Å². The van der Waals surface area contributed by atoms with Crippen molar-refractivity contribution in [2.45, 2.75) is 0 Å². The van der Waals surface area contributed by atoms with Crippen molar-refractivity contribution < 1.29 is 14.4 Å². The first kappa shape index (κ1) is 9.26. The maximum absolute atomic E-state index is 8.81. The molecule has 1 amide bonds. The lowest BCUT2D eigenvalue weighted by Gasteiger charge is -1.32. The van der Waals surface area contributed by atoms with Crippen molar-refractivity contribution in [3.05, 3.63) is 0 Å². The molecule has 0 aliphatic carbocycles. The van der Waals surface area contributed by atoms with Crippen LogP contribution >= 0.6 is 0 Å². The van der Waals surface area contributed by atoms with Crippen LogP contribution in [-0.4, -0.2) is 19.0 Å². The van der Waals surface area contributed by atoms with E-state index in [1.165, 1.54) is 0 Å². The quantitative estimate of drug-likeness (QED) is 0.323. The Morgan fingerprint density at radius 2 is 1.14 bits per heavy atom. The average molecular weight is 103 g/mol. The zero-order chi connectivity index (χ0) is 6.12. The summed E-state index contributed by atoms with van der Waals surface area (Å²) in [5, 5.41) is 0. The Hall–Kier alpha value is -1.19. The maximum Gasteiger partial charge on any atom is 0.204 e. The summed E-state index contributed by atoms with van der Waals surface area (Å²) in [7, 11) is 0. The van der Waals surface area contributed by atoms with Crippen molar-refractivity contribution in [1.29, 1.82) is 0 Å². The van der Waals surface area contributed by atoms with Crippen molar-refractivity contribution in [2.75, 3.05) is 0 Å². The number of primary amides is 1. The lowest BCUT2D eigenvalue weighted by Crippen LogP contribution is -1.82. The summed E-state index contributed by atoms with van der Waals surface area (Å²) in [6.45, 7) is 0. The fourth-order valence-corrected chi connectivity index (χ4v) is 0. The van der Waals surface area contributed by atoms with Crippen molar-refractivity contribution in [1.82, 2.24) is 0 Å². The van der Waals surface area contributed by atoms with Crippen LogP contribution in [0, 0.1) is 0 Å². The SMILES string of the molecule is NC=O.O=CC=O. The molecule has 4 nitrogen and oxygen atoms in total. The van der Waals surface area contributed by atoms with Gasteiger partial charge in [-0.1, -0.05) is 0 Å². The normalized spacial score (nSPS) is 4.57. The van der Waals surface area contributed by atoms with Gasteiger partial charge in [0.1, 0.15) is 0 Å². The Bertz CT molecular complexity index is 55.2. The van der Waals surface area contributed by atoms with Gasteiger partial charge in [-0.15, -0.1) is 0 Å². The van der Waals surface area contributed by atoms with Crippen molar-refractivity contribution in [2.24, 2.45) is 5.73 Å².